The molecule has 2 fully saturated rings. The second-order valence-corrected chi connectivity index (χ2v) is 22.7. The quantitative estimate of drug-likeness (QED) is 0.0459. The molecule has 3 aliphatic heterocycles. The van der Waals surface area contributed by atoms with E-state index in [4.69, 9.17) is 56.8 Å². The fourth-order valence-electron chi connectivity index (χ4n) is 10.5. The highest BCUT2D eigenvalue weighted by Gasteiger charge is 2.54. The Morgan fingerprint density at radius 1 is 0.447 bits per heavy atom. The maximum atomic E-state index is 14.7. The van der Waals surface area contributed by atoms with Crippen molar-refractivity contribution < 1.29 is 70.1 Å². The molecule has 85 heavy (non-hydrogen) atoms. The van der Waals surface area contributed by atoms with Crippen molar-refractivity contribution in [2.75, 3.05) is 13.2 Å². The number of sulfonamides is 1. The maximum absolute atomic E-state index is 14.7. The van der Waals surface area contributed by atoms with Crippen molar-refractivity contribution in [3.8, 4) is 0 Å². The molecule has 0 aliphatic carbocycles. The molecule has 7 aromatic carbocycles. The van der Waals surface area contributed by atoms with Gasteiger partial charge in [0.05, 0.1) is 70.1 Å². The lowest BCUT2D eigenvalue weighted by Crippen LogP contribution is -2.67. The summed E-state index contributed by atoms with van der Waals surface area (Å²) in [5, 5.41) is 0. The molecule has 16 nitrogen and oxygen atoms in total. The number of esters is 1. The molecule has 2 saturated heterocycles. The normalized spacial score (nSPS) is 25.8. The molecular formula is C68H73NO15S. The molecule has 1 N–H and O–H groups in total. The van der Waals surface area contributed by atoms with Crippen LogP contribution in [0.25, 0.3) is 0 Å². The van der Waals surface area contributed by atoms with E-state index in [0.29, 0.717) is 6.61 Å². The number of rotatable bonds is 28. The van der Waals surface area contributed by atoms with Crippen molar-refractivity contribution in [1.82, 2.24) is 4.72 Å². The zero-order valence-corrected chi connectivity index (χ0v) is 48.4. The maximum Gasteiger partial charge on any atom is 0.303 e. The average molecular weight is 1180 g/mol. The third-order valence-corrected chi connectivity index (χ3v) is 16.2. The molecule has 0 bridgehead atoms. The van der Waals surface area contributed by atoms with Crippen LogP contribution in [-0.2, 0) is 111 Å². The molecule has 13 atom stereocenters. The Morgan fingerprint density at radius 2 is 0.882 bits per heavy atom. The summed E-state index contributed by atoms with van der Waals surface area (Å²) in [6.45, 7) is 3.97. The van der Waals surface area contributed by atoms with E-state index in [2.05, 4.69) is 4.72 Å². The highest BCUT2D eigenvalue weighted by atomic mass is 32.2. The van der Waals surface area contributed by atoms with Gasteiger partial charge in [-0.2, -0.15) is 0 Å². The van der Waals surface area contributed by atoms with Crippen LogP contribution in [0.1, 0.15) is 47.2 Å². The lowest BCUT2D eigenvalue weighted by atomic mass is 9.96. The smallest absolute Gasteiger partial charge is 0.303 e. The fraction of sp³-hybridized carbons (Fsp3) is 0.338. The van der Waals surface area contributed by atoms with Crippen molar-refractivity contribution in [3.05, 3.63) is 258 Å². The van der Waals surface area contributed by atoms with E-state index >= 15 is 0 Å². The summed E-state index contributed by atoms with van der Waals surface area (Å²) >= 11 is 0. The van der Waals surface area contributed by atoms with E-state index in [1.807, 2.05) is 189 Å². The lowest BCUT2D eigenvalue weighted by molar-refractivity contribution is -0.331. The van der Waals surface area contributed by atoms with Gasteiger partial charge in [-0.3, -0.25) is 4.79 Å². The number of carbonyl (C=O) groups is 1. The first kappa shape index (κ1) is 61.2. The minimum atomic E-state index is -4.37. The van der Waals surface area contributed by atoms with Gasteiger partial charge in [-0.1, -0.05) is 200 Å². The molecule has 0 saturated carbocycles. The van der Waals surface area contributed by atoms with E-state index in [1.54, 1.807) is 24.3 Å². The molecule has 0 amide bonds. The Bertz CT molecular complexity index is 3210. The zero-order chi connectivity index (χ0) is 58.6. The van der Waals surface area contributed by atoms with Gasteiger partial charge in [0.2, 0.25) is 10.0 Å². The minimum absolute atomic E-state index is 0.00671. The van der Waals surface area contributed by atoms with Gasteiger partial charge in [-0.15, -0.1) is 0 Å². The summed E-state index contributed by atoms with van der Waals surface area (Å²) in [6, 6.07) is 64.8. The lowest BCUT2D eigenvalue weighted by Gasteiger charge is -2.48. The van der Waals surface area contributed by atoms with E-state index in [0.717, 1.165) is 33.4 Å². The molecule has 0 aromatic heterocycles. The summed E-state index contributed by atoms with van der Waals surface area (Å²) in [5.41, 5.74) is 5.41. The van der Waals surface area contributed by atoms with Crippen LogP contribution in [0.4, 0.5) is 0 Å². The Hall–Kier alpha value is -6.94. The van der Waals surface area contributed by atoms with Gasteiger partial charge in [-0.05, 0) is 58.5 Å². The van der Waals surface area contributed by atoms with E-state index < -0.39 is 95.7 Å². The first-order valence-corrected chi connectivity index (χ1v) is 30.2. The second kappa shape index (κ2) is 30.9. The van der Waals surface area contributed by atoms with Crippen molar-refractivity contribution in [2.24, 2.45) is 0 Å². The summed E-state index contributed by atoms with van der Waals surface area (Å²) in [6.07, 6.45) is -8.49. The summed E-state index contributed by atoms with van der Waals surface area (Å²) in [7, 11) is -4.37. The molecule has 7 aromatic rings. The predicted octanol–water partition coefficient (Wildman–Crippen LogP) is 10.2. The van der Waals surface area contributed by atoms with Crippen LogP contribution in [0.3, 0.4) is 0 Å². The first-order chi connectivity index (χ1) is 41.6. The van der Waals surface area contributed by atoms with Gasteiger partial charge in [-0.25, -0.2) is 13.1 Å². The first-order valence-electron chi connectivity index (χ1n) is 28.7. The zero-order valence-electron chi connectivity index (χ0n) is 47.6. The number of nitrogens with one attached hydrogen (secondary N) is 1. The van der Waals surface area contributed by atoms with E-state index in [1.165, 1.54) is 25.3 Å². The largest absolute Gasteiger partial charge is 0.493 e. The van der Waals surface area contributed by atoms with Gasteiger partial charge in [0.25, 0.3) is 0 Å². The van der Waals surface area contributed by atoms with Crippen molar-refractivity contribution in [2.45, 2.75) is 138 Å². The third-order valence-electron chi connectivity index (χ3n) is 14.8. The molecule has 10 rings (SSSR count). The van der Waals surface area contributed by atoms with Gasteiger partial charge in [0.1, 0.15) is 48.8 Å². The van der Waals surface area contributed by atoms with Crippen molar-refractivity contribution >= 4 is 16.0 Å². The summed E-state index contributed by atoms with van der Waals surface area (Å²) in [5.74, 6) is -0.650. The highest BCUT2D eigenvalue weighted by Crippen LogP contribution is 2.35. The number of hydrogen-bond donors (Lipinski definition) is 1. The number of hydrogen-bond acceptors (Lipinski definition) is 15. The Labute approximate surface area is 497 Å². The Morgan fingerprint density at radius 3 is 1.38 bits per heavy atom. The van der Waals surface area contributed by atoms with Crippen LogP contribution in [0, 0.1) is 0 Å². The van der Waals surface area contributed by atoms with Crippen LogP contribution in [0.15, 0.2) is 230 Å². The summed E-state index contributed by atoms with van der Waals surface area (Å²) in [4.78, 5) is 13.2. The van der Waals surface area contributed by atoms with Crippen molar-refractivity contribution in [1.29, 1.82) is 0 Å². The second-order valence-electron chi connectivity index (χ2n) is 21.0. The van der Waals surface area contributed by atoms with Crippen LogP contribution in [0.5, 0.6) is 0 Å². The third kappa shape index (κ3) is 17.4. The van der Waals surface area contributed by atoms with Gasteiger partial charge >= 0.3 is 5.97 Å². The van der Waals surface area contributed by atoms with Crippen LogP contribution < -0.4 is 4.72 Å². The summed E-state index contributed by atoms with van der Waals surface area (Å²) < 4.78 is 113. The topological polar surface area (TPSA) is 174 Å². The number of ether oxygens (including phenoxy) is 12. The standard InChI is InChI=1S/C68H73NO15S/c1-48-61(76-42-52-28-14-5-15-29-52)65(78-44-54-32-18-7-19-33-54)66(79-45-55-34-20-8-21-35-55)68(81-48)80-47-58-62(57(38-39-74-58)75-41-51-26-12-4-13-27-51)84-67-60(69-85(71,72)56-36-22-9-23-37-56)64(77-43-53-30-16-6-17-31-53)63(82-49(2)70)59(83-67)46-73-40-50-24-10-3-11-25-50/h3-39,48,57-69H,40-47H2,1-2H3/t48-,57+,58?,59?,60?,61+,62-,63+,64+,65?,66?,67-,68+/m0/s1. The number of carbonyl (C=O) groups excluding carboxylic acids is 1. The molecular weight excluding hydrogens is 1100 g/mol. The van der Waals surface area contributed by atoms with Gasteiger partial charge in [0.15, 0.2) is 24.8 Å². The SMILES string of the molecule is CC(=O)O[C@@H]1C(COCc2ccccc2)O[C@@H](O[C@@H]2C(CO[C@@H]3O[C@@H](C)[C@@H](OCc4ccccc4)C(OCc4ccccc4)C3OCc3ccccc3)OC=C[C@H]2OCc2ccccc2)C(NS(=O)(=O)c2ccccc2)[C@H]1OCc1ccccc1. The average Bonchev–Trinajstić information content (AvgIpc) is 3.46. The van der Waals surface area contributed by atoms with Gasteiger partial charge in [0, 0.05) is 6.92 Å². The molecule has 17 heteroatoms. The van der Waals surface area contributed by atoms with Crippen LogP contribution >= 0.6 is 0 Å². The monoisotopic (exact) mass is 1180 g/mol. The molecule has 5 unspecified atom stereocenters. The molecule has 446 valence electrons. The predicted molar refractivity (Wildman–Crippen MR) is 315 cm³/mol. The molecule has 0 spiro atoms. The highest BCUT2D eigenvalue weighted by molar-refractivity contribution is 7.89. The van der Waals surface area contributed by atoms with E-state index in [-0.39, 0.29) is 51.1 Å². The molecule has 3 aliphatic rings. The Balaban J connectivity index is 0.999. The van der Waals surface area contributed by atoms with Crippen LogP contribution in [0.2, 0.25) is 0 Å². The Kier molecular flexibility index (Phi) is 22.3. The fourth-order valence-corrected chi connectivity index (χ4v) is 11.7. The van der Waals surface area contributed by atoms with Gasteiger partial charge < -0.3 is 56.8 Å². The minimum Gasteiger partial charge on any atom is -0.493 e. The number of benzene rings is 7. The van der Waals surface area contributed by atoms with Crippen molar-refractivity contribution in [3.63, 3.8) is 0 Å². The van der Waals surface area contributed by atoms with Crippen LogP contribution in [-0.4, -0.2) is 107 Å². The molecule has 3 heterocycles. The van der Waals surface area contributed by atoms with E-state index in [9.17, 15) is 13.2 Å². The molecule has 0 radical (unpaired) electrons.